The number of anilines is 1. The number of nitro groups is 1. The van der Waals surface area contributed by atoms with Gasteiger partial charge >= 0.3 is 0 Å². The maximum atomic E-state index is 15.1. The molecule has 1 N–H and O–H groups in total. The van der Waals surface area contributed by atoms with Gasteiger partial charge in [-0.05, 0) is 42.1 Å². The van der Waals surface area contributed by atoms with Gasteiger partial charge in [0.15, 0.2) is 5.78 Å². The van der Waals surface area contributed by atoms with E-state index in [1.807, 2.05) is 42.1 Å². The molecule has 11 heteroatoms. The second kappa shape index (κ2) is 8.59. The molecule has 6 heterocycles. The van der Waals surface area contributed by atoms with Crippen LogP contribution in [0.3, 0.4) is 0 Å². The molecule has 0 saturated carbocycles. The number of fused-ring (bicyclic) bond motifs is 5. The van der Waals surface area contributed by atoms with Crippen LogP contribution in [0.5, 0.6) is 0 Å². The Morgan fingerprint density at radius 3 is 2.71 bits per heavy atom. The molecule has 1 aromatic carbocycles. The summed E-state index contributed by atoms with van der Waals surface area (Å²) in [6, 6.07) is 12.5. The van der Waals surface area contributed by atoms with Gasteiger partial charge in [-0.2, -0.15) is 0 Å². The van der Waals surface area contributed by atoms with Gasteiger partial charge in [-0.1, -0.05) is 12.1 Å². The van der Waals surface area contributed by atoms with Crippen LogP contribution in [0.2, 0.25) is 0 Å². The van der Waals surface area contributed by atoms with Crippen molar-refractivity contribution >= 4 is 63.6 Å². The zero-order valence-electron chi connectivity index (χ0n) is 20.5. The molecule has 0 radical (unpaired) electrons. The number of rotatable bonds is 3. The molecule has 3 saturated heterocycles. The molecule has 0 unspecified atom stereocenters. The van der Waals surface area contributed by atoms with E-state index in [0.29, 0.717) is 35.8 Å². The number of nitrogens with zero attached hydrogens (tertiary/aromatic N) is 3. The molecule has 8 nitrogen and oxygen atoms in total. The number of nitrogens with one attached hydrogen (secondary N) is 1. The number of thioether (sulfide) groups is 1. The number of non-ortho nitro benzene ring substituents is 1. The summed E-state index contributed by atoms with van der Waals surface area (Å²) >= 11 is 4.93. The Balaban J connectivity index is 1.56. The number of hydrogen-bond acceptors (Lipinski definition) is 9. The summed E-state index contributed by atoms with van der Waals surface area (Å²) < 4.78 is 0. The zero-order chi connectivity index (χ0) is 26.2. The van der Waals surface area contributed by atoms with E-state index in [1.165, 1.54) is 12.1 Å². The van der Waals surface area contributed by atoms with E-state index in [-0.39, 0.29) is 29.3 Å². The van der Waals surface area contributed by atoms with Crippen molar-refractivity contribution in [1.29, 1.82) is 0 Å². The molecule has 38 heavy (non-hydrogen) atoms. The molecule has 3 aromatic rings. The normalized spacial score (nSPS) is 31.9. The zero-order valence-corrected chi connectivity index (χ0v) is 22.9. The predicted octanol–water partition coefficient (Wildman–Crippen LogP) is 4.62. The first kappa shape index (κ1) is 24.2. The summed E-state index contributed by atoms with van der Waals surface area (Å²) in [5, 5.41) is 18.9. The quantitative estimate of drug-likeness (QED) is 0.282. The van der Waals surface area contributed by atoms with Gasteiger partial charge < -0.3 is 10.2 Å². The first-order valence-electron chi connectivity index (χ1n) is 12.3. The molecule has 0 aliphatic carbocycles. The van der Waals surface area contributed by atoms with Crippen LogP contribution in [0.1, 0.15) is 21.2 Å². The molecular weight excluding hydrogens is 541 g/mol. The highest BCUT2D eigenvalue weighted by Crippen LogP contribution is 2.69. The topological polar surface area (TPSA) is 95.8 Å². The molecular formula is C27H24N4O4S3. The number of carbonyl (C=O) groups is 2. The monoisotopic (exact) mass is 564 g/mol. The third-order valence-corrected chi connectivity index (χ3v) is 11.3. The molecule has 7 rings (SSSR count). The lowest BCUT2D eigenvalue weighted by Gasteiger charge is -2.50. The highest BCUT2D eigenvalue weighted by atomic mass is 32.2. The van der Waals surface area contributed by atoms with Gasteiger partial charge in [0.05, 0.1) is 10.3 Å². The van der Waals surface area contributed by atoms with Crippen molar-refractivity contribution in [2.45, 2.75) is 17.5 Å². The number of amides is 1. The van der Waals surface area contributed by atoms with Crippen molar-refractivity contribution in [2.75, 3.05) is 37.1 Å². The molecule has 4 aliphatic rings. The van der Waals surface area contributed by atoms with E-state index in [4.69, 9.17) is 0 Å². The number of nitro benzene ring substituents is 1. The van der Waals surface area contributed by atoms with Crippen molar-refractivity contribution in [3.8, 4) is 0 Å². The summed E-state index contributed by atoms with van der Waals surface area (Å²) in [5.74, 6) is 0.820. The average molecular weight is 565 g/mol. The third-order valence-electron chi connectivity index (χ3n) is 8.46. The van der Waals surface area contributed by atoms with Crippen LogP contribution in [-0.2, 0) is 15.1 Å². The van der Waals surface area contributed by atoms with Crippen molar-refractivity contribution < 1.29 is 14.5 Å². The van der Waals surface area contributed by atoms with Gasteiger partial charge in [0, 0.05) is 75.4 Å². The lowest BCUT2D eigenvalue weighted by molar-refractivity contribution is -0.385. The van der Waals surface area contributed by atoms with E-state index in [0.717, 1.165) is 15.5 Å². The molecule has 0 bridgehead atoms. The standard InChI is InChI=1S/C27H24N4O4S3/c1-29-12-16(10-18-4-2-8-37-18)24(32)26(14-29)23(22-5-3-9-38-22)21-13-36-15-30(21)27(26)19-11-17(31(34)35)6-7-20(19)28-25(27)33/h2-11,21,23H,12-15H2,1H3,(H,28,33)/b16-10+/t21-,23+,26-,27-/m0/s1. The molecule has 4 atom stereocenters. The predicted molar refractivity (Wildman–Crippen MR) is 151 cm³/mol. The molecule has 1 amide bonds. The highest BCUT2D eigenvalue weighted by molar-refractivity contribution is 7.99. The minimum Gasteiger partial charge on any atom is -0.324 e. The van der Waals surface area contributed by atoms with Gasteiger partial charge in [-0.3, -0.25) is 24.6 Å². The van der Waals surface area contributed by atoms with Gasteiger partial charge in [-0.25, -0.2) is 0 Å². The molecule has 194 valence electrons. The van der Waals surface area contributed by atoms with Crippen LogP contribution in [0.4, 0.5) is 11.4 Å². The lowest BCUT2D eigenvalue weighted by atomic mass is 9.56. The fraction of sp³-hybridized carbons (Fsp3) is 0.333. The Labute approximate surface area is 231 Å². The molecule has 2 spiro atoms. The summed E-state index contributed by atoms with van der Waals surface area (Å²) in [7, 11) is 2.00. The average Bonchev–Trinajstić information content (AvgIpc) is 3.70. The molecule has 3 fully saturated rings. The van der Waals surface area contributed by atoms with Crippen LogP contribution in [0.15, 0.2) is 58.8 Å². The van der Waals surface area contributed by atoms with Crippen molar-refractivity contribution in [3.05, 3.63) is 84.2 Å². The van der Waals surface area contributed by atoms with E-state index in [1.54, 1.807) is 40.5 Å². The Hall–Kier alpha value is -2.83. The number of thiophene rings is 2. The van der Waals surface area contributed by atoms with Crippen molar-refractivity contribution in [2.24, 2.45) is 5.41 Å². The van der Waals surface area contributed by atoms with Gasteiger partial charge in [0.25, 0.3) is 11.6 Å². The van der Waals surface area contributed by atoms with Crippen LogP contribution >= 0.6 is 34.4 Å². The van der Waals surface area contributed by atoms with Crippen molar-refractivity contribution in [3.63, 3.8) is 0 Å². The number of ketones is 1. The lowest BCUT2D eigenvalue weighted by Crippen LogP contribution is -2.65. The number of likely N-dealkylation sites (tertiary alicyclic amines) is 1. The summed E-state index contributed by atoms with van der Waals surface area (Å²) in [5.41, 5.74) is -0.845. The number of hydrogen-bond donors (Lipinski definition) is 1. The summed E-state index contributed by atoms with van der Waals surface area (Å²) in [6.07, 6.45) is 1.96. The maximum Gasteiger partial charge on any atom is 0.269 e. The number of likely N-dealkylation sites (N-methyl/N-ethyl adjacent to an activating group) is 1. The van der Waals surface area contributed by atoms with E-state index < -0.39 is 15.9 Å². The van der Waals surface area contributed by atoms with E-state index >= 15 is 4.79 Å². The highest BCUT2D eigenvalue weighted by Gasteiger charge is 2.79. The van der Waals surface area contributed by atoms with Gasteiger partial charge in [0.1, 0.15) is 5.54 Å². The first-order chi connectivity index (χ1) is 18.4. The summed E-state index contributed by atoms with van der Waals surface area (Å²) in [4.78, 5) is 47.3. The van der Waals surface area contributed by atoms with Gasteiger partial charge in [0.2, 0.25) is 0 Å². The van der Waals surface area contributed by atoms with E-state index in [9.17, 15) is 14.9 Å². The van der Waals surface area contributed by atoms with Crippen LogP contribution in [0, 0.1) is 15.5 Å². The van der Waals surface area contributed by atoms with Crippen LogP contribution in [-0.4, -0.2) is 64.2 Å². The first-order valence-corrected chi connectivity index (χ1v) is 15.2. The second-order valence-electron chi connectivity index (χ2n) is 10.3. The minimum absolute atomic E-state index is 0.0312. The van der Waals surface area contributed by atoms with Gasteiger partial charge in [-0.15, -0.1) is 34.4 Å². The summed E-state index contributed by atoms with van der Waals surface area (Å²) in [6.45, 7) is 0.859. The van der Waals surface area contributed by atoms with Crippen molar-refractivity contribution in [1.82, 2.24) is 9.80 Å². The molecule has 2 aromatic heterocycles. The maximum absolute atomic E-state index is 15.1. The smallest absolute Gasteiger partial charge is 0.269 e. The Kier molecular flexibility index (Phi) is 5.47. The van der Waals surface area contributed by atoms with E-state index in [2.05, 4.69) is 21.2 Å². The fourth-order valence-corrected chi connectivity index (χ4v) is 10.2. The van der Waals surface area contributed by atoms with Crippen LogP contribution < -0.4 is 5.32 Å². The second-order valence-corrected chi connectivity index (χ2v) is 13.3. The Morgan fingerprint density at radius 1 is 1.16 bits per heavy atom. The molecule has 4 aliphatic heterocycles. The van der Waals surface area contributed by atoms with Crippen LogP contribution in [0.25, 0.3) is 6.08 Å². The Morgan fingerprint density at radius 2 is 1.97 bits per heavy atom. The number of benzene rings is 1. The number of carbonyl (C=O) groups excluding carboxylic acids is 2. The number of Topliss-reactive ketones (excluding diaryl/α,β-unsaturated/α-hetero) is 1. The largest absolute Gasteiger partial charge is 0.324 e. The third kappa shape index (κ3) is 3.05. The fourth-order valence-electron chi connectivity index (χ4n) is 7.28. The number of piperidine rings is 1. The SMILES string of the molecule is CN1C/C(=C\c2cccs2)C(=O)[C@]2(C1)[C@@H](c1cccs1)[C@@H]1CSCN1[C@@]21C(=O)Nc2ccc([N+](=O)[O-])cc21. The minimum atomic E-state index is -1.36. The Bertz CT molecular complexity index is 1500.